The van der Waals surface area contributed by atoms with Gasteiger partial charge in [0, 0.05) is 0 Å². The van der Waals surface area contributed by atoms with Crippen molar-refractivity contribution < 1.29 is 24.2 Å². The third-order valence-corrected chi connectivity index (χ3v) is 6.40. The summed E-state index contributed by atoms with van der Waals surface area (Å²) in [5.74, 6) is -2.42. The summed E-state index contributed by atoms with van der Waals surface area (Å²) in [7, 11) is 0. The highest BCUT2D eigenvalue weighted by atomic mass is 32.1. The molecule has 8 heteroatoms. The van der Waals surface area contributed by atoms with Crippen LogP contribution in [-0.2, 0) is 14.3 Å². The second-order valence-electron chi connectivity index (χ2n) is 7.49. The summed E-state index contributed by atoms with van der Waals surface area (Å²) in [5.41, 5.74) is 1.79. The standard InChI is InChI=1S/C26H22N2O5S/c1-3-33-25(32)23-16(2)27-26(34-23)28-21(18-12-8-5-9-13-18)20(22(30)24(28)31)19(29)15-14-17-10-6-4-7-11-17/h4-15,21,30H,3H2,1-2H3. The molecule has 1 aliphatic heterocycles. The Bertz CT molecular complexity index is 1300. The number of carbonyl (C=O) groups is 3. The van der Waals surface area contributed by atoms with Gasteiger partial charge < -0.3 is 9.84 Å². The van der Waals surface area contributed by atoms with Gasteiger partial charge in [-0.25, -0.2) is 9.78 Å². The molecule has 0 aliphatic carbocycles. The Morgan fingerprint density at radius 3 is 2.41 bits per heavy atom. The van der Waals surface area contributed by atoms with Crippen LogP contribution in [0.3, 0.4) is 0 Å². The predicted molar refractivity (Wildman–Crippen MR) is 130 cm³/mol. The Balaban J connectivity index is 1.76. The highest BCUT2D eigenvalue weighted by Gasteiger charge is 2.45. The van der Waals surface area contributed by atoms with E-state index >= 15 is 0 Å². The number of amides is 1. The lowest BCUT2D eigenvalue weighted by atomic mass is 9.96. The number of esters is 1. The maximum atomic E-state index is 13.2. The van der Waals surface area contributed by atoms with Crippen LogP contribution in [0.15, 0.2) is 78.1 Å². The summed E-state index contributed by atoms with van der Waals surface area (Å²) in [5, 5.41) is 11.0. The van der Waals surface area contributed by atoms with Crippen LogP contribution in [0.2, 0.25) is 0 Å². The number of aliphatic hydroxyl groups is 1. The Labute approximate surface area is 200 Å². The number of ether oxygens (including phenoxy) is 1. The number of aliphatic hydroxyl groups excluding tert-OH is 1. The normalized spacial score (nSPS) is 15.9. The largest absolute Gasteiger partial charge is 0.503 e. The summed E-state index contributed by atoms with van der Waals surface area (Å²) in [6.45, 7) is 3.55. The fourth-order valence-corrected chi connectivity index (χ4v) is 4.69. The van der Waals surface area contributed by atoms with Crippen LogP contribution >= 0.6 is 11.3 Å². The van der Waals surface area contributed by atoms with Crippen molar-refractivity contribution in [2.75, 3.05) is 11.5 Å². The highest BCUT2D eigenvalue weighted by molar-refractivity contribution is 7.17. The summed E-state index contributed by atoms with van der Waals surface area (Å²) in [6.07, 6.45) is 2.97. The number of anilines is 1. The van der Waals surface area contributed by atoms with Crippen LogP contribution in [0.1, 0.15) is 39.5 Å². The monoisotopic (exact) mass is 474 g/mol. The third-order valence-electron chi connectivity index (χ3n) is 5.27. The number of allylic oxidation sites excluding steroid dienone is 1. The van der Waals surface area contributed by atoms with Gasteiger partial charge in [-0.15, -0.1) is 0 Å². The lowest BCUT2D eigenvalue weighted by Gasteiger charge is -2.24. The molecule has 2 heterocycles. The first-order chi connectivity index (χ1) is 16.4. The van der Waals surface area contributed by atoms with E-state index in [2.05, 4.69) is 4.98 Å². The van der Waals surface area contributed by atoms with Crippen LogP contribution in [0, 0.1) is 6.92 Å². The van der Waals surface area contributed by atoms with E-state index in [1.807, 2.05) is 36.4 Å². The van der Waals surface area contributed by atoms with E-state index in [0.717, 1.165) is 16.9 Å². The SMILES string of the molecule is CCOC(=O)c1sc(N2C(=O)C(O)=C(C(=O)C=Cc3ccccc3)C2c2ccccc2)nc1C. The molecule has 1 amide bonds. The number of hydrogen-bond donors (Lipinski definition) is 1. The van der Waals surface area contributed by atoms with Crippen molar-refractivity contribution >= 4 is 40.2 Å². The molecule has 0 radical (unpaired) electrons. The number of carbonyl (C=O) groups excluding carboxylic acids is 3. The van der Waals surface area contributed by atoms with E-state index in [9.17, 15) is 19.5 Å². The number of ketones is 1. The van der Waals surface area contributed by atoms with Crippen LogP contribution in [0.25, 0.3) is 6.08 Å². The second-order valence-corrected chi connectivity index (χ2v) is 8.47. The van der Waals surface area contributed by atoms with Gasteiger partial charge in [0.25, 0.3) is 5.91 Å². The van der Waals surface area contributed by atoms with E-state index in [0.29, 0.717) is 11.3 Å². The summed E-state index contributed by atoms with van der Waals surface area (Å²) >= 11 is 0.985. The average molecular weight is 475 g/mol. The lowest BCUT2D eigenvalue weighted by Crippen LogP contribution is -2.30. The zero-order valence-electron chi connectivity index (χ0n) is 18.6. The van der Waals surface area contributed by atoms with Crippen molar-refractivity contribution in [3.63, 3.8) is 0 Å². The van der Waals surface area contributed by atoms with E-state index in [1.54, 1.807) is 44.2 Å². The van der Waals surface area contributed by atoms with E-state index in [4.69, 9.17) is 4.74 Å². The molecule has 0 saturated heterocycles. The van der Waals surface area contributed by atoms with Crippen LogP contribution in [-0.4, -0.2) is 34.4 Å². The molecule has 0 fully saturated rings. The molecule has 34 heavy (non-hydrogen) atoms. The molecule has 1 unspecified atom stereocenters. The first-order valence-corrected chi connectivity index (χ1v) is 11.5. The van der Waals surface area contributed by atoms with Crippen molar-refractivity contribution in [1.29, 1.82) is 0 Å². The Morgan fingerprint density at radius 1 is 1.12 bits per heavy atom. The Hall–Kier alpha value is -4.04. The molecule has 2 aromatic carbocycles. The number of thiazole rings is 1. The number of aromatic nitrogens is 1. The van der Waals surface area contributed by atoms with Gasteiger partial charge in [0.2, 0.25) is 0 Å². The van der Waals surface area contributed by atoms with Crippen molar-refractivity contribution in [3.8, 4) is 0 Å². The number of benzene rings is 2. The number of rotatable bonds is 7. The molecule has 7 nitrogen and oxygen atoms in total. The third kappa shape index (κ3) is 4.40. The molecule has 0 bridgehead atoms. The molecule has 3 aromatic rings. The maximum Gasteiger partial charge on any atom is 0.350 e. The molecule has 0 saturated carbocycles. The predicted octanol–water partition coefficient (Wildman–Crippen LogP) is 4.81. The van der Waals surface area contributed by atoms with Crippen LogP contribution in [0.4, 0.5) is 5.13 Å². The van der Waals surface area contributed by atoms with Gasteiger partial charge in [-0.2, -0.15) is 0 Å². The van der Waals surface area contributed by atoms with E-state index in [-0.39, 0.29) is 22.2 Å². The number of hydrogen-bond acceptors (Lipinski definition) is 7. The summed E-state index contributed by atoms with van der Waals surface area (Å²) in [4.78, 5) is 44.6. The van der Waals surface area contributed by atoms with E-state index in [1.165, 1.54) is 11.0 Å². The zero-order chi connectivity index (χ0) is 24.2. The molecular weight excluding hydrogens is 452 g/mol. The van der Waals surface area contributed by atoms with Crippen molar-refractivity contribution in [2.24, 2.45) is 0 Å². The Kier molecular flexibility index (Phi) is 6.70. The van der Waals surface area contributed by atoms with Crippen LogP contribution in [0.5, 0.6) is 0 Å². The highest BCUT2D eigenvalue weighted by Crippen LogP contribution is 2.43. The first kappa shape index (κ1) is 23.1. The topological polar surface area (TPSA) is 96.8 Å². The van der Waals surface area contributed by atoms with Crippen LogP contribution < -0.4 is 4.90 Å². The fraction of sp³-hybridized carbons (Fsp3) is 0.154. The van der Waals surface area contributed by atoms with Gasteiger partial charge in [0.1, 0.15) is 4.88 Å². The quantitative estimate of drug-likeness (QED) is 0.390. The van der Waals surface area contributed by atoms with Crippen molar-refractivity contribution in [2.45, 2.75) is 19.9 Å². The minimum atomic E-state index is -0.901. The smallest absolute Gasteiger partial charge is 0.350 e. The molecule has 0 spiro atoms. The van der Waals surface area contributed by atoms with Crippen molar-refractivity contribution in [3.05, 3.63) is 99.8 Å². The van der Waals surface area contributed by atoms with Crippen molar-refractivity contribution in [1.82, 2.24) is 4.98 Å². The van der Waals surface area contributed by atoms with E-state index < -0.39 is 29.5 Å². The van der Waals surface area contributed by atoms with Gasteiger partial charge in [-0.3, -0.25) is 14.5 Å². The zero-order valence-corrected chi connectivity index (χ0v) is 19.4. The molecule has 172 valence electrons. The molecule has 1 N–H and O–H groups in total. The number of aryl methyl sites for hydroxylation is 1. The number of nitrogens with zero attached hydrogens (tertiary/aromatic N) is 2. The minimum Gasteiger partial charge on any atom is -0.503 e. The summed E-state index contributed by atoms with van der Waals surface area (Å²) < 4.78 is 5.08. The van der Waals surface area contributed by atoms with Gasteiger partial charge >= 0.3 is 5.97 Å². The lowest BCUT2D eigenvalue weighted by molar-refractivity contribution is -0.117. The van der Waals surface area contributed by atoms with Gasteiger partial charge in [-0.1, -0.05) is 78.1 Å². The molecule has 4 rings (SSSR count). The Morgan fingerprint density at radius 2 is 1.76 bits per heavy atom. The molecular formula is C26H22N2O5S. The average Bonchev–Trinajstić information content (AvgIpc) is 3.36. The molecule has 1 aliphatic rings. The first-order valence-electron chi connectivity index (χ1n) is 10.7. The maximum absolute atomic E-state index is 13.2. The molecule has 1 aromatic heterocycles. The summed E-state index contributed by atoms with van der Waals surface area (Å²) in [6, 6.07) is 17.3. The molecule has 1 atom stereocenters. The van der Waals surface area contributed by atoms with Gasteiger partial charge in [0.05, 0.1) is 23.9 Å². The second kappa shape index (κ2) is 9.84. The van der Waals surface area contributed by atoms with Gasteiger partial charge in [-0.05, 0) is 31.1 Å². The fourth-order valence-electron chi connectivity index (χ4n) is 3.70. The van der Waals surface area contributed by atoms with Gasteiger partial charge in [0.15, 0.2) is 16.7 Å². The minimum absolute atomic E-state index is 0.0473.